The maximum atomic E-state index is 13.0. The highest BCUT2D eigenvalue weighted by Gasteiger charge is 2.31. The molecule has 6 heteroatoms. The van der Waals surface area contributed by atoms with Gasteiger partial charge in [-0.3, -0.25) is 4.79 Å². The predicted molar refractivity (Wildman–Crippen MR) is 90.3 cm³/mol. The second kappa shape index (κ2) is 6.88. The van der Waals surface area contributed by atoms with E-state index >= 15 is 0 Å². The summed E-state index contributed by atoms with van der Waals surface area (Å²) in [7, 11) is 0. The molecule has 2 heterocycles. The molecule has 1 amide bonds. The number of rotatable bonds is 6. The van der Waals surface area contributed by atoms with Crippen LogP contribution in [0.2, 0.25) is 0 Å². The number of hydrogen-bond donors (Lipinski definition) is 1. The van der Waals surface area contributed by atoms with E-state index < -0.39 is 0 Å². The van der Waals surface area contributed by atoms with E-state index in [1.54, 1.807) is 23.1 Å². The third-order valence-corrected chi connectivity index (χ3v) is 4.82. The smallest absolute Gasteiger partial charge is 0.276 e. The van der Waals surface area contributed by atoms with Crippen molar-refractivity contribution in [3.63, 3.8) is 0 Å². The Labute approximate surface area is 146 Å². The molecular formula is C19H22N2O4. The van der Waals surface area contributed by atoms with E-state index in [9.17, 15) is 9.90 Å². The van der Waals surface area contributed by atoms with Crippen molar-refractivity contribution in [3.8, 4) is 5.75 Å². The van der Waals surface area contributed by atoms with Crippen molar-refractivity contribution < 1.29 is 19.2 Å². The molecule has 0 radical (unpaired) electrons. The molecule has 4 rings (SSSR count). The number of benzene rings is 1. The first-order valence-corrected chi connectivity index (χ1v) is 8.85. The van der Waals surface area contributed by atoms with Gasteiger partial charge < -0.3 is 19.3 Å². The average Bonchev–Trinajstić information content (AvgIpc) is 3.13. The van der Waals surface area contributed by atoms with E-state index in [0.717, 1.165) is 38.1 Å². The van der Waals surface area contributed by atoms with E-state index in [1.165, 1.54) is 0 Å². The molecular weight excluding hydrogens is 320 g/mol. The van der Waals surface area contributed by atoms with Crippen molar-refractivity contribution >= 4 is 5.91 Å². The van der Waals surface area contributed by atoms with Crippen molar-refractivity contribution in [1.29, 1.82) is 0 Å². The standard InChI is InChI=1S/C19H22N2O4/c22-17-6-2-1-4-14(17)11-21(12-15-5-3-9-24-15)19(23)16-10-18(25-20-16)13-7-8-13/h1-2,4,6,10,13,15,22H,3,5,7-9,11-12H2/t15-/m1/s1. The molecule has 2 aliphatic rings. The summed E-state index contributed by atoms with van der Waals surface area (Å²) in [5.41, 5.74) is 1.04. The maximum Gasteiger partial charge on any atom is 0.276 e. The maximum absolute atomic E-state index is 13.0. The second-order valence-electron chi connectivity index (χ2n) is 6.84. The van der Waals surface area contributed by atoms with Gasteiger partial charge in [0.05, 0.1) is 6.10 Å². The lowest BCUT2D eigenvalue weighted by Crippen LogP contribution is -2.37. The van der Waals surface area contributed by atoms with Crippen LogP contribution in [-0.4, -0.2) is 40.3 Å². The van der Waals surface area contributed by atoms with Gasteiger partial charge in [0, 0.05) is 37.2 Å². The van der Waals surface area contributed by atoms with Crippen LogP contribution in [0.25, 0.3) is 0 Å². The van der Waals surface area contributed by atoms with Crippen LogP contribution in [0.4, 0.5) is 0 Å². The fraction of sp³-hybridized carbons (Fsp3) is 0.474. The van der Waals surface area contributed by atoms with Crippen LogP contribution < -0.4 is 0 Å². The van der Waals surface area contributed by atoms with E-state index in [0.29, 0.717) is 30.3 Å². The molecule has 0 unspecified atom stereocenters. The monoisotopic (exact) mass is 342 g/mol. The lowest BCUT2D eigenvalue weighted by atomic mass is 10.1. The van der Waals surface area contributed by atoms with Gasteiger partial charge in [-0.2, -0.15) is 0 Å². The molecule has 132 valence electrons. The van der Waals surface area contributed by atoms with Gasteiger partial charge in [-0.1, -0.05) is 23.4 Å². The number of amides is 1. The van der Waals surface area contributed by atoms with Gasteiger partial charge in [0.25, 0.3) is 5.91 Å². The molecule has 2 fully saturated rings. The molecule has 0 bridgehead atoms. The largest absolute Gasteiger partial charge is 0.508 e. The number of aromatic hydroxyl groups is 1. The molecule has 1 atom stereocenters. The number of phenolic OH excluding ortho intramolecular Hbond substituents is 1. The van der Waals surface area contributed by atoms with Gasteiger partial charge in [0.2, 0.25) is 0 Å². The average molecular weight is 342 g/mol. The zero-order chi connectivity index (χ0) is 17.2. The fourth-order valence-corrected chi connectivity index (χ4v) is 3.22. The molecule has 1 saturated heterocycles. The van der Waals surface area contributed by atoms with Crippen molar-refractivity contribution in [2.75, 3.05) is 13.2 Å². The Morgan fingerprint density at radius 1 is 1.28 bits per heavy atom. The number of carbonyl (C=O) groups is 1. The van der Waals surface area contributed by atoms with Crippen LogP contribution in [0.15, 0.2) is 34.9 Å². The predicted octanol–water partition coefficient (Wildman–Crippen LogP) is 3.08. The molecule has 2 aromatic rings. The molecule has 0 spiro atoms. The molecule has 1 aliphatic heterocycles. The fourth-order valence-electron chi connectivity index (χ4n) is 3.22. The van der Waals surface area contributed by atoms with Gasteiger partial charge in [0.1, 0.15) is 11.5 Å². The van der Waals surface area contributed by atoms with Crippen LogP contribution in [-0.2, 0) is 11.3 Å². The van der Waals surface area contributed by atoms with Crippen LogP contribution in [0.5, 0.6) is 5.75 Å². The van der Waals surface area contributed by atoms with Gasteiger partial charge >= 0.3 is 0 Å². The van der Waals surface area contributed by atoms with Crippen molar-refractivity contribution in [3.05, 3.63) is 47.3 Å². The highest BCUT2D eigenvalue weighted by molar-refractivity contribution is 5.92. The highest BCUT2D eigenvalue weighted by Crippen LogP contribution is 2.40. The minimum atomic E-state index is -0.186. The minimum Gasteiger partial charge on any atom is -0.508 e. The third-order valence-electron chi connectivity index (χ3n) is 4.82. The Balaban J connectivity index is 1.54. The molecule has 1 aliphatic carbocycles. The molecule has 1 aromatic heterocycles. The molecule has 6 nitrogen and oxygen atoms in total. The van der Waals surface area contributed by atoms with E-state index in [4.69, 9.17) is 9.26 Å². The summed E-state index contributed by atoms with van der Waals surface area (Å²) in [5, 5.41) is 14.0. The van der Waals surface area contributed by atoms with Gasteiger partial charge in [0.15, 0.2) is 5.69 Å². The Bertz CT molecular complexity index is 747. The van der Waals surface area contributed by atoms with E-state index in [2.05, 4.69) is 5.16 Å². The lowest BCUT2D eigenvalue weighted by Gasteiger charge is -2.25. The number of para-hydroxylation sites is 1. The number of nitrogens with zero attached hydrogens (tertiary/aromatic N) is 2. The molecule has 1 saturated carbocycles. The number of ether oxygens (including phenoxy) is 1. The van der Waals surface area contributed by atoms with E-state index in [-0.39, 0.29) is 17.8 Å². The van der Waals surface area contributed by atoms with Gasteiger partial charge in [-0.05, 0) is 31.7 Å². The van der Waals surface area contributed by atoms with Crippen LogP contribution in [0, 0.1) is 0 Å². The minimum absolute atomic E-state index is 0.0320. The van der Waals surface area contributed by atoms with Crippen molar-refractivity contribution in [2.45, 2.75) is 44.2 Å². The van der Waals surface area contributed by atoms with Crippen molar-refractivity contribution in [2.24, 2.45) is 0 Å². The Hall–Kier alpha value is -2.34. The number of aromatic nitrogens is 1. The highest BCUT2D eigenvalue weighted by atomic mass is 16.5. The summed E-state index contributed by atoms with van der Waals surface area (Å²) in [5.74, 6) is 1.21. The summed E-state index contributed by atoms with van der Waals surface area (Å²) in [6, 6.07) is 8.83. The Kier molecular flexibility index (Phi) is 4.44. The number of hydrogen-bond acceptors (Lipinski definition) is 5. The van der Waals surface area contributed by atoms with Gasteiger partial charge in [-0.25, -0.2) is 0 Å². The first-order chi connectivity index (χ1) is 12.2. The summed E-state index contributed by atoms with van der Waals surface area (Å²) >= 11 is 0. The van der Waals surface area contributed by atoms with Crippen LogP contribution in [0.1, 0.15) is 53.4 Å². The number of phenols is 1. The van der Waals surface area contributed by atoms with Crippen LogP contribution in [0.3, 0.4) is 0 Å². The SMILES string of the molecule is O=C(c1cc(C2CC2)on1)N(Cc1ccccc1O)C[C@H]1CCCO1. The molecule has 1 N–H and O–H groups in total. The van der Waals surface area contributed by atoms with E-state index in [1.807, 2.05) is 12.1 Å². The van der Waals surface area contributed by atoms with Crippen molar-refractivity contribution in [1.82, 2.24) is 10.1 Å². The summed E-state index contributed by atoms with van der Waals surface area (Å²) in [6.07, 6.45) is 4.18. The quantitative estimate of drug-likeness (QED) is 0.873. The van der Waals surface area contributed by atoms with Crippen LogP contribution >= 0.6 is 0 Å². The molecule has 1 aromatic carbocycles. The third kappa shape index (κ3) is 3.69. The Morgan fingerprint density at radius 3 is 2.84 bits per heavy atom. The normalized spacial score (nSPS) is 19.9. The lowest BCUT2D eigenvalue weighted by molar-refractivity contribution is 0.0498. The van der Waals surface area contributed by atoms with Gasteiger partial charge in [-0.15, -0.1) is 0 Å². The second-order valence-corrected chi connectivity index (χ2v) is 6.84. The summed E-state index contributed by atoms with van der Waals surface area (Å²) in [4.78, 5) is 14.7. The zero-order valence-corrected chi connectivity index (χ0v) is 14.1. The summed E-state index contributed by atoms with van der Waals surface area (Å²) < 4.78 is 11.0. The summed E-state index contributed by atoms with van der Waals surface area (Å²) in [6.45, 7) is 1.54. The number of carbonyl (C=O) groups excluding carboxylic acids is 1. The topological polar surface area (TPSA) is 75.8 Å². The first kappa shape index (κ1) is 16.1. The molecule has 25 heavy (non-hydrogen) atoms. The zero-order valence-electron chi connectivity index (χ0n) is 14.1. The Morgan fingerprint density at radius 2 is 2.12 bits per heavy atom. The first-order valence-electron chi connectivity index (χ1n) is 8.85.